The number of aromatic nitrogens is 1. The van der Waals surface area contributed by atoms with Crippen molar-refractivity contribution in [3.05, 3.63) is 59.9 Å². The van der Waals surface area contributed by atoms with Crippen LogP contribution in [-0.2, 0) is 4.79 Å². The van der Waals surface area contributed by atoms with Crippen molar-refractivity contribution in [1.82, 2.24) is 10.4 Å². The van der Waals surface area contributed by atoms with Gasteiger partial charge in [0.15, 0.2) is 6.61 Å². The van der Waals surface area contributed by atoms with E-state index in [9.17, 15) is 4.79 Å². The molecule has 2 aromatic rings. The van der Waals surface area contributed by atoms with Gasteiger partial charge in [0.05, 0.1) is 6.21 Å². The first kappa shape index (κ1) is 13.7. The third-order valence-corrected chi connectivity index (χ3v) is 2.47. The highest BCUT2D eigenvalue weighted by Crippen LogP contribution is 2.11. The van der Waals surface area contributed by atoms with E-state index in [0.29, 0.717) is 5.75 Å². The summed E-state index contributed by atoms with van der Waals surface area (Å²) in [6, 6.07) is 11.1. The molecule has 0 saturated carbocycles. The summed E-state index contributed by atoms with van der Waals surface area (Å²) in [6.45, 7) is 1.89. The van der Waals surface area contributed by atoms with Crippen LogP contribution in [-0.4, -0.2) is 23.7 Å². The molecule has 1 amide bonds. The van der Waals surface area contributed by atoms with Crippen molar-refractivity contribution in [1.29, 1.82) is 0 Å². The van der Waals surface area contributed by atoms with Gasteiger partial charge >= 0.3 is 0 Å². The third-order valence-electron chi connectivity index (χ3n) is 2.47. The third kappa shape index (κ3) is 4.53. The van der Waals surface area contributed by atoms with Crippen LogP contribution in [0.25, 0.3) is 0 Å². The predicted molar refractivity (Wildman–Crippen MR) is 76.6 cm³/mol. The Morgan fingerprint density at radius 3 is 2.90 bits per heavy atom. The maximum Gasteiger partial charge on any atom is 0.277 e. The summed E-state index contributed by atoms with van der Waals surface area (Å²) in [6.07, 6.45) is 4.86. The monoisotopic (exact) mass is 269 g/mol. The molecule has 1 N–H and O–H groups in total. The van der Waals surface area contributed by atoms with E-state index in [2.05, 4.69) is 15.5 Å². The van der Waals surface area contributed by atoms with Gasteiger partial charge in [0.1, 0.15) is 5.75 Å². The SMILES string of the molecule is Cc1cccc(OCC(=O)NN=Cc2ccncc2)c1. The average molecular weight is 269 g/mol. The minimum absolute atomic E-state index is 0.0723. The highest BCUT2D eigenvalue weighted by Gasteiger charge is 2.01. The molecular formula is C15H15N3O2. The number of carbonyl (C=O) groups is 1. The molecule has 1 aromatic heterocycles. The highest BCUT2D eigenvalue weighted by atomic mass is 16.5. The van der Waals surface area contributed by atoms with Gasteiger partial charge in [-0.2, -0.15) is 5.10 Å². The molecule has 0 bridgehead atoms. The molecule has 0 saturated heterocycles. The van der Waals surface area contributed by atoms with Crippen LogP contribution in [0.1, 0.15) is 11.1 Å². The van der Waals surface area contributed by atoms with Crippen LogP contribution in [0, 0.1) is 6.92 Å². The van der Waals surface area contributed by atoms with Crippen molar-refractivity contribution >= 4 is 12.1 Å². The summed E-state index contributed by atoms with van der Waals surface area (Å²) in [7, 11) is 0. The highest BCUT2D eigenvalue weighted by molar-refractivity contribution is 5.82. The van der Waals surface area contributed by atoms with E-state index in [1.165, 1.54) is 0 Å². The number of amides is 1. The molecule has 5 heteroatoms. The zero-order valence-corrected chi connectivity index (χ0v) is 11.1. The first-order valence-electron chi connectivity index (χ1n) is 6.15. The maximum atomic E-state index is 11.5. The molecule has 20 heavy (non-hydrogen) atoms. The lowest BCUT2D eigenvalue weighted by molar-refractivity contribution is -0.123. The topological polar surface area (TPSA) is 63.6 Å². The first-order chi connectivity index (χ1) is 9.74. The number of nitrogens with one attached hydrogen (secondary N) is 1. The van der Waals surface area contributed by atoms with Gasteiger partial charge in [-0.05, 0) is 42.3 Å². The van der Waals surface area contributed by atoms with E-state index in [1.54, 1.807) is 36.8 Å². The van der Waals surface area contributed by atoms with Gasteiger partial charge in [-0.15, -0.1) is 0 Å². The Morgan fingerprint density at radius 2 is 2.15 bits per heavy atom. The van der Waals surface area contributed by atoms with E-state index >= 15 is 0 Å². The Hall–Kier alpha value is -2.69. The zero-order valence-electron chi connectivity index (χ0n) is 11.1. The minimum Gasteiger partial charge on any atom is -0.484 e. The Balaban J connectivity index is 1.77. The van der Waals surface area contributed by atoms with E-state index in [-0.39, 0.29) is 12.5 Å². The maximum absolute atomic E-state index is 11.5. The molecule has 0 atom stereocenters. The number of hydrazone groups is 1. The molecule has 0 spiro atoms. The van der Waals surface area contributed by atoms with Crippen LogP contribution in [0.2, 0.25) is 0 Å². The minimum atomic E-state index is -0.309. The molecule has 1 aromatic carbocycles. The number of rotatable bonds is 5. The number of aryl methyl sites for hydroxylation is 1. The lowest BCUT2D eigenvalue weighted by Gasteiger charge is -2.05. The number of benzene rings is 1. The fourth-order valence-electron chi connectivity index (χ4n) is 1.51. The zero-order chi connectivity index (χ0) is 14.2. The number of carbonyl (C=O) groups excluding carboxylic acids is 1. The molecule has 2 rings (SSSR count). The second-order valence-electron chi connectivity index (χ2n) is 4.18. The van der Waals surface area contributed by atoms with Crippen LogP contribution in [0.3, 0.4) is 0 Å². The van der Waals surface area contributed by atoms with Gasteiger partial charge in [0.2, 0.25) is 0 Å². The van der Waals surface area contributed by atoms with Gasteiger partial charge in [-0.1, -0.05) is 12.1 Å². The second-order valence-corrected chi connectivity index (χ2v) is 4.18. The smallest absolute Gasteiger partial charge is 0.277 e. The number of pyridine rings is 1. The summed E-state index contributed by atoms with van der Waals surface area (Å²) in [5, 5.41) is 3.84. The van der Waals surface area contributed by atoms with Crippen molar-refractivity contribution in [2.24, 2.45) is 5.10 Å². The summed E-state index contributed by atoms with van der Waals surface area (Å²) >= 11 is 0. The van der Waals surface area contributed by atoms with E-state index in [4.69, 9.17) is 4.74 Å². The lowest BCUT2D eigenvalue weighted by Crippen LogP contribution is -2.24. The normalized spacial score (nSPS) is 10.4. The Bertz CT molecular complexity index is 597. The van der Waals surface area contributed by atoms with Crippen molar-refractivity contribution in [3.8, 4) is 5.75 Å². The molecule has 0 fully saturated rings. The number of hydrogen-bond donors (Lipinski definition) is 1. The number of nitrogens with zero attached hydrogens (tertiary/aromatic N) is 2. The van der Waals surface area contributed by atoms with Crippen molar-refractivity contribution in [2.45, 2.75) is 6.92 Å². The van der Waals surface area contributed by atoms with Crippen LogP contribution < -0.4 is 10.2 Å². The van der Waals surface area contributed by atoms with Gasteiger partial charge in [-0.3, -0.25) is 9.78 Å². The van der Waals surface area contributed by atoms with Gasteiger partial charge in [-0.25, -0.2) is 5.43 Å². The van der Waals surface area contributed by atoms with Crippen LogP contribution >= 0.6 is 0 Å². The fraction of sp³-hybridized carbons (Fsp3) is 0.133. The number of hydrogen-bond acceptors (Lipinski definition) is 4. The lowest BCUT2D eigenvalue weighted by atomic mass is 10.2. The molecule has 5 nitrogen and oxygen atoms in total. The summed E-state index contributed by atoms with van der Waals surface area (Å²) < 4.78 is 5.36. The molecular weight excluding hydrogens is 254 g/mol. The predicted octanol–water partition coefficient (Wildman–Crippen LogP) is 1.92. The molecule has 1 heterocycles. The Morgan fingerprint density at radius 1 is 1.35 bits per heavy atom. The molecule has 0 radical (unpaired) electrons. The van der Waals surface area contributed by atoms with E-state index in [0.717, 1.165) is 11.1 Å². The summed E-state index contributed by atoms with van der Waals surface area (Å²) in [4.78, 5) is 15.4. The van der Waals surface area contributed by atoms with Crippen LogP contribution in [0.4, 0.5) is 0 Å². The number of ether oxygens (including phenoxy) is 1. The van der Waals surface area contributed by atoms with Crippen LogP contribution in [0.5, 0.6) is 5.75 Å². The Labute approximate surface area is 117 Å². The Kier molecular flexibility index (Phi) is 4.83. The average Bonchev–Trinajstić information content (AvgIpc) is 2.46. The summed E-state index contributed by atoms with van der Waals surface area (Å²) in [5.41, 5.74) is 4.34. The summed E-state index contributed by atoms with van der Waals surface area (Å²) in [5.74, 6) is 0.357. The molecule has 0 aliphatic carbocycles. The van der Waals surface area contributed by atoms with Gasteiger partial charge in [0.25, 0.3) is 5.91 Å². The van der Waals surface area contributed by atoms with Gasteiger partial charge < -0.3 is 4.74 Å². The van der Waals surface area contributed by atoms with Crippen molar-refractivity contribution in [3.63, 3.8) is 0 Å². The molecule has 0 aliphatic rings. The van der Waals surface area contributed by atoms with Crippen molar-refractivity contribution in [2.75, 3.05) is 6.61 Å². The largest absolute Gasteiger partial charge is 0.484 e. The molecule has 0 aliphatic heterocycles. The first-order valence-corrected chi connectivity index (χ1v) is 6.15. The van der Waals surface area contributed by atoms with E-state index in [1.807, 2.05) is 25.1 Å². The van der Waals surface area contributed by atoms with Crippen LogP contribution in [0.15, 0.2) is 53.9 Å². The standard InChI is InChI=1S/C15H15N3O2/c1-12-3-2-4-14(9-12)20-11-15(19)18-17-10-13-5-7-16-8-6-13/h2-10H,11H2,1H3,(H,18,19). The van der Waals surface area contributed by atoms with Crippen molar-refractivity contribution < 1.29 is 9.53 Å². The molecule has 102 valence electrons. The fourth-order valence-corrected chi connectivity index (χ4v) is 1.51. The van der Waals surface area contributed by atoms with E-state index < -0.39 is 0 Å². The second kappa shape index (κ2) is 7.04. The van der Waals surface area contributed by atoms with Gasteiger partial charge in [0, 0.05) is 12.4 Å². The quantitative estimate of drug-likeness (QED) is 0.666. The molecule has 0 unspecified atom stereocenters.